The molecule has 2 aromatic carbocycles. The predicted molar refractivity (Wildman–Crippen MR) is 97.3 cm³/mol. The number of rotatable bonds is 3. The highest BCUT2D eigenvalue weighted by Gasteiger charge is 2.22. The van der Waals surface area contributed by atoms with E-state index in [4.69, 9.17) is 16.3 Å². The number of benzene rings is 2. The maximum absolute atomic E-state index is 12.0. The van der Waals surface area contributed by atoms with Gasteiger partial charge in [0.25, 0.3) is 0 Å². The quantitative estimate of drug-likeness (QED) is 0.750. The molecular formula is C17H15Cl2N3O2. The summed E-state index contributed by atoms with van der Waals surface area (Å²) in [5.41, 5.74) is 1.58. The molecule has 0 saturated carbocycles. The Labute approximate surface area is 149 Å². The van der Waals surface area contributed by atoms with Crippen molar-refractivity contribution in [1.82, 2.24) is 15.3 Å². The molecule has 2 N–H and O–H groups in total. The minimum atomic E-state index is -0.430. The number of ether oxygens (including phenoxy) is 1. The van der Waals surface area contributed by atoms with Crippen molar-refractivity contribution in [3.63, 3.8) is 0 Å². The third-order valence-corrected chi connectivity index (χ3v) is 4.19. The smallest absolute Gasteiger partial charge is 0.346 e. The summed E-state index contributed by atoms with van der Waals surface area (Å²) in [4.78, 5) is 18.8. The van der Waals surface area contributed by atoms with Crippen molar-refractivity contribution in [2.75, 3.05) is 13.1 Å². The lowest BCUT2D eigenvalue weighted by Gasteiger charge is -2.28. The van der Waals surface area contributed by atoms with E-state index in [9.17, 15) is 4.79 Å². The Bertz CT molecular complexity index is 924. The molecule has 24 heavy (non-hydrogen) atoms. The van der Waals surface area contributed by atoms with Gasteiger partial charge in [-0.05, 0) is 17.7 Å². The van der Waals surface area contributed by atoms with Gasteiger partial charge in [0.2, 0.25) is 0 Å². The number of aromatic amines is 1. The van der Waals surface area contributed by atoms with E-state index in [1.165, 1.54) is 0 Å². The molecule has 0 atom stereocenters. The van der Waals surface area contributed by atoms with Gasteiger partial charge in [-0.3, -0.25) is 0 Å². The molecule has 124 valence electrons. The van der Waals surface area contributed by atoms with Crippen LogP contribution in [-0.2, 0) is 0 Å². The summed E-state index contributed by atoms with van der Waals surface area (Å²) < 4.78 is 6.04. The number of halogens is 2. The Hall–Kier alpha value is -2.08. The van der Waals surface area contributed by atoms with Crippen LogP contribution in [0.1, 0.15) is 0 Å². The Morgan fingerprint density at radius 2 is 1.88 bits per heavy atom. The molecule has 0 unspecified atom stereocenters. The van der Waals surface area contributed by atoms with Crippen LogP contribution in [0.5, 0.6) is 5.75 Å². The van der Waals surface area contributed by atoms with Crippen molar-refractivity contribution in [2.24, 2.45) is 0 Å². The average Bonchev–Trinajstić information content (AvgIpc) is 2.53. The second kappa shape index (κ2) is 6.81. The molecule has 3 aromatic rings. The summed E-state index contributed by atoms with van der Waals surface area (Å²) in [5, 5.41) is 4.34. The number of H-pyrrole nitrogens is 1. The summed E-state index contributed by atoms with van der Waals surface area (Å²) in [6.45, 7) is 1.61. The zero-order chi connectivity index (χ0) is 15.8. The first kappa shape index (κ1) is 16.8. The van der Waals surface area contributed by atoms with Gasteiger partial charge in [-0.2, -0.15) is 4.98 Å². The lowest BCUT2D eigenvalue weighted by atomic mass is 10.1. The maximum Gasteiger partial charge on any atom is 0.346 e. The van der Waals surface area contributed by atoms with Crippen LogP contribution in [0.15, 0.2) is 47.3 Å². The fourth-order valence-corrected chi connectivity index (χ4v) is 2.84. The average molecular weight is 364 g/mol. The predicted octanol–water partition coefficient (Wildman–Crippen LogP) is 3.02. The second-order valence-electron chi connectivity index (χ2n) is 5.45. The molecule has 5 nitrogen and oxygen atoms in total. The standard InChI is InChI=1S/C17H14ClN3O2.ClH/c18-12-6-7-13(23-11-8-19-9-11)14-15(10-4-2-1-3-5-10)20-17(22)21-16(12)14;/h1-7,11,19H,8-9H2,(H,20,21,22);1H. The van der Waals surface area contributed by atoms with E-state index in [-0.39, 0.29) is 18.5 Å². The Balaban J connectivity index is 0.00000169. The van der Waals surface area contributed by atoms with E-state index in [1.807, 2.05) is 36.4 Å². The van der Waals surface area contributed by atoms with E-state index >= 15 is 0 Å². The van der Waals surface area contributed by atoms with Crippen LogP contribution in [0.25, 0.3) is 22.2 Å². The summed E-state index contributed by atoms with van der Waals surface area (Å²) in [6.07, 6.45) is 0.120. The van der Waals surface area contributed by atoms with Gasteiger partial charge in [-0.1, -0.05) is 41.9 Å². The molecule has 1 saturated heterocycles. The summed E-state index contributed by atoms with van der Waals surface area (Å²) in [7, 11) is 0. The molecule has 1 aliphatic rings. The number of fused-ring (bicyclic) bond motifs is 1. The molecule has 1 aromatic heterocycles. The normalized spacial score (nSPS) is 14.0. The van der Waals surface area contributed by atoms with Gasteiger partial charge in [-0.25, -0.2) is 4.79 Å². The minimum Gasteiger partial charge on any atom is -0.487 e. The second-order valence-corrected chi connectivity index (χ2v) is 5.86. The van der Waals surface area contributed by atoms with Gasteiger partial charge in [0, 0.05) is 13.1 Å². The van der Waals surface area contributed by atoms with E-state index in [1.54, 1.807) is 6.07 Å². The van der Waals surface area contributed by atoms with Crippen LogP contribution >= 0.6 is 24.0 Å². The first-order chi connectivity index (χ1) is 11.2. The zero-order valence-corrected chi connectivity index (χ0v) is 14.2. The molecule has 0 bridgehead atoms. The van der Waals surface area contributed by atoms with Gasteiger partial charge in [0.15, 0.2) is 0 Å². The summed E-state index contributed by atoms with van der Waals surface area (Å²) in [6, 6.07) is 13.2. The maximum atomic E-state index is 12.0. The first-order valence-electron chi connectivity index (χ1n) is 7.38. The van der Waals surface area contributed by atoms with Crippen molar-refractivity contribution >= 4 is 34.9 Å². The number of hydrogen-bond acceptors (Lipinski definition) is 4. The molecule has 2 heterocycles. The van der Waals surface area contributed by atoms with Crippen LogP contribution in [0, 0.1) is 0 Å². The third-order valence-electron chi connectivity index (χ3n) is 3.89. The largest absolute Gasteiger partial charge is 0.487 e. The highest BCUT2D eigenvalue weighted by molar-refractivity contribution is 6.35. The lowest BCUT2D eigenvalue weighted by Crippen LogP contribution is -2.50. The van der Waals surface area contributed by atoms with Crippen LogP contribution in [0.3, 0.4) is 0 Å². The molecule has 4 rings (SSSR count). The van der Waals surface area contributed by atoms with Gasteiger partial charge in [-0.15, -0.1) is 12.4 Å². The molecule has 0 spiro atoms. The van der Waals surface area contributed by atoms with Crippen molar-refractivity contribution in [1.29, 1.82) is 0 Å². The highest BCUT2D eigenvalue weighted by Crippen LogP contribution is 2.36. The van der Waals surface area contributed by atoms with Crippen LogP contribution in [-0.4, -0.2) is 29.2 Å². The fourth-order valence-electron chi connectivity index (χ4n) is 2.64. The topological polar surface area (TPSA) is 67.0 Å². The van der Waals surface area contributed by atoms with Crippen molar-refractivity contribution in [3.8, 4) is 17.0 Å². The van der Waals surface area contributed by atoms with Gasteiger partial charge < -0.3 is 15.0 Å². The van der Waals surface area contributed by atoms with E-state index in [0.717, 1.165) is 24.0 Å². The van der Waals surface area contributed by atoms with Gasteiger partial charge in [0.05, 0.1) is 16.1 Å². The van der Waals surface area contributed by atoms with Crippen LogP contribution in [0.4, 0.5) is 0 Å². The summed E-state index contributed by atoms with van der Waals surface area (Å²) >= 11 is 6.26. The number of hydrogen-bond donors (Lipinski definition) is 2. The minimum absolute atomic E-state index is 0. The van der Waals surface area contributed by atoms with Gasteiger partial charge >= 0.3 is 5.69 Å². The van der Waals surface area contributed by atoms with Crippen LogP contribution in [0.2, 0.25) is 5.02 Å². The number of nitrogens with zero attached hydrogens (tertiary/aromatic N) is 1. The molecular weight excluding hydrogens is 349 g/mol. The zero-order valence-electron chi connectivity index (χ0n) is 12.6. The third kappa shape index (κ3) is 2.98. The van der Waals surface area contributed by atoms with E-state index in [0.29, 0.717) is 22.0 Å². The monoisotopic (exact) mass is 363 g/mol. The molecule has 1 fully saturated rings. The number of nitrogens with one attached hydrogen (secondary N) is 2. The highest BCUT2D eigenvalue weighted by atomic mass is 35.5. The van der Waals surface area contributed by atoms with Gasteiger partial charge in [0.1, 0.15) is 17.4 Å². The summed E-state index contributed by atoms with van der Waals surface area (Å²) in [5.74, 6) is 0.679. The molecule has 0 aliphatic carbocycles. The van der Waals surface area contributed by atoms with E-state index in [2.05, 4.69) is 15.3 Å². The molecule has 0 radical (unpaired) electrons. The fraction of sp³-hybridized carbons (Fsp3) is 0.176. The lowest BCUT2D eigenvalue weighted by molar-refractivity contribution is 0.144. The molecule has 7 heteroatoms. The Morgan fingerprint density at radius 3 is 2.54 bits per heavy atom. The van der Waals surface area contributed by atoms with Crippen molar-refractivity contribution < 1.29 is 4.74 Å². The number of aromatic nitrogens is 2. The molecule has 0 amide bonds. The molecule has 1 aliphatic heterocycles. The van der Waals surface area contributed by atoms with Crippen molar-refractivity contribution in [3.05, 3.63) is 58.0 Å². The van der Waals surface area contributed by atoms with Crippen LogP contribution < -0.4 is 15.7 Å². The SMILES string of the molecule is Cl.O=c1nc2c(Cl)ccc(OC3CNC3)c2c(-c2ccccc2)[nH]1. The Morgan fingerprint density at radius 1 is 1.12 bits per heavy atom. The first-order valence-corrected chi connectivity index (χ1v) is 7.75. The Kier molecular flexibility index (Phi) is 4.76. The van der Waals surface area contributed by atoms with E-state index < -0.39 is 5.69 Å². The van der Waals surface area contributed by atoms with Crippen molar-refractivity contribution in [2.45, 2.75) is 6.10 Å².